The Kier molecular flexibility index (Phi) is 6.34. The van der Waals surface area contributed by atoms with Gasteiger partial charge in [0.1, 0.15) is 5.82 Å². The van der Waals surface area contributed by atoms with Gasteiger partial charge < -0.3 is 9.47 Å². The number of likely N-dealkylation sites (tertiary alicyclic amines) is 1. The van der Waals surface area contributed by atoms with E-state index in [4.69, 9.17) is 11.6 Å². The number of amides is 2. The average Bonchev–Trinajstić information content (AvgIpc) is 3.55. The van der Waals surface area contributed by atoms with Gasteiger partial charge >= 0.3 is 6.03 Å². The molecule has 0 saturated carbocycles. The molecule has 0 radical (unpaired) electrons. The molecule has 2 aromatic carbocycles. The van der Waals surface area contributed by atoms with Crippen LogP contribution in [0.25, 0.3) is 11.3 Å². The van der Waals surface area contributed by atoms with Crippen molar-refractivity contribution in [3.63, 3.8) is 0 Å². The summed E-state index contributed by atoms with van der Waals surface area (Å²) in [4.78, 5) is 20.9. The molecule has 1 atom stereocenters. The van der Waals surface area contributed by atoms with Crippen molar-refractivity contribution >= 4 is 34.1 Å². The Morgan fingerprint density at radius 2 is 1.88 bits per heavy atom. The van der Waals surface area contributed by atoms with Crippen molar-refractivity contribution in [2.75, 3.05) is 11.9 Å². The van der Waals surface area contributed by atoms with Gasteiger partial charge in [0, 0.05) is 22.0 Å². The number of halogens is 1. The highest BCUT2D eigenvalue weighted by molar-refractivity contribution is 7.16. The SMILES string of the molecule is Cc1sc(NC(=O)N2CCC[C@@H]2c2nnc(C)n2Cc2ccc(Cl)cc2)nc1-c1ccccc1. The molecular formula is C25H25ClN6OS. The van der Waals surface area contributed by atoms with Crippen molar-refractivity contribution in [1.29, 1.82) is 0 Å². The number of rotatable bonds is 5. The van der Waals surface area contributed by atoms with Crippen LogP contribution in [-0.4, -0.2) is 37.2 Å². The number of hydrogen-bond donors (Lipinski definition) is 1. The largest absolute Gasteiger partial charge is 0.324 e. The van der Waals surface area contributed by atoms with Crippen LogP contribution < -0.4 is 5.32 Å². The number of urea groups is 1. The van der Waals surface area contributed by atoms with E-state index in [9.17, 15) is 4.79 Å². The van der Waals surface area contributed by atoms with E-state index in [1.807, 2.05) is 73.3 Å². The van der Waals surface area contributed by atoms with Crippen LogP contribution in [0, 0.1) is 13.8 Å². The van der Waals surface area contributed by atoms with E-state index in [1.165, 1.54) is 11.3 Å². The monoisotopic (exact) mass is 492 g/mol. The van der Waals surface area contributed by atoms with Crippen LogP contribution in [0.1, 0.15) is 41.0 Å². The number of hydrogen-bond acceptors (Lipinski definition) is 5. The molecule has 1 saturated heterocycles. The lowest BCUT2D eigenvalue weighted by Gasteiger charge is -2.24. The zero-order valence-electron chi connectivity index (χ0n) is 19.0. The lowest BCUT2D eigenvalue weighted by molar-refractivity contribution is 0.204. The molecule has 34 heavy (non-hydrogen) atoms. The predicted molar refractivity (Wildman–Crippen MR) is 135 cm³/mol. The first-order valence-corrected chi connectivity index (χ1v) is 12.4. The van der Waals surface area contributed by atoms with Gasteiger partial charge in [-0.3, -0.25) is 5.32 Å². The van der Waals surface area contributed by atoms with E-state index in [0.717, 1.165) is 46.2 Å². The fourth-order valence-corrected chi connectivity index (χ4v) is 5.32. The molecule has 2 aromatic heterocycles. The Hall–Kier alpha value is -3.23. The van der Waals surface area contributed by atoms with Gasteiger partial charge in [-0.1, -0.05) is 54.1 Å². The second kappa shape index (κ2) is 9.56. The number of benzene rings is 2. The fraction of sp³-hybridized carbons (Fsp3) is 0.280. The molecule has 9 heteroatoms. The first-order chi connectivity index (χ1) is 16.5. The van der Waals surface area contributed by atoms with Gasteiger partial charge in [-0.15, -0.1) is 21.5 Å². The summed E-state index contributed by atoms with van der Waals surface area (Å²) >= 11 is 7.53. The van der Waals surface area contributed by atoms with Crippen LogP contribution in [0.4, 0.5) is 9.93 Å². The van der Waals surface area contributed by atoms with Gasteiger partial charge in [0.15, 0.2) is 11.0 Å². The van der Waals surface area contributed by atoms with Crippen LogP contribution in [0.5, 0.6) is 0 Å². The summed E-state index contributed by atoms with van der Waals surface area (Å²) in [6.45, 7) is 5.26. The minimum atomic E-state index is -0.158. The molecule has 4 aromatic rings. The molecule has 3 heterocycles. The summed E-state index contributed by atoms with van der Waals surface area (Å²) < 4.78 is 2.08. The van der Waals surface area contributed by atoms with E-state index < -0.39 is 0 Å². The van der Waals surface area contributed by atoms with Crippen LogP contribution in [-0.2, 0) is 6.54 Å². The third-order valence-electron chi connectivity index (χ3n) is 6.09. The Balaban J connectivity index is 1.35. The van der Waals surface area contributed by atoms with Gasteiger partial charge in [0.2, 0.25) is 0 Å². The van der Waals surface area contributed by atoms with E-state index >= 15 is 0 Å². The summed E-state index contributed by atoms with van der Waals surface area (Å²) in [6, 6.07) is 17.5. The number of aryl methyl sites for hydroxylation is 2. The quantitative estimate of drug-likeness (QED) is 0.366. The molecular weight excluding hydrogens is 468 g/mol. The second-order valence-corrected chi connectivity index (χ2v) is 10.0. The van der Waals surface area contributed by atoms with Gasteiger partial charge in [0.05, 0.1) is 18.3 Å². The van der Waals surface area contributed by atoms with Gasteiger partial charge in [-0.05, 0) is 44.4 Å². The van der Waals surface area contributed by atoms with E-state index in [-0.39, 0.29) is 12.1 Å². The molecule has 5 rings (SSSR count). The number of nitrogens with zero attached hydrogens (tertiary/aromatic N) is 5. The molecule has 0 aliphatic carbocycles. The lowest BCUT2D eigenvalue weighted by atomic mass is 10.1. The Labute approximate surface area is 207 Å². The molecule has 0 bridgehead atoms. The van der Waals surface area contributed by atoms with E-state index in [0.29, 0.717) is 23.2 Å². The first kappa shape index (κ1) is 22.6. The minimum Gasteiger partial charge on any atom is -0.314 e. The number of carbonyl (C=O) groups excluding carboxylic acids is 1. The maximum atomic E-state index is 13.3. The molecule has 1 N–H and O–H groups in total. The topological polar surface area (TPSA) is 75.9 Å². The molecule has 174 valence electrons. The smallest absolute Gasteiger partial charge is 0.314 e. The minimum absolute atomic E-state index is 0.136. The first-order valence-electron chi connectivity index (χ1n) is 11.2. The average molecular weight is 493 g/mol. The zero-order valence-corrected chi connectivity index (χ0v) is 20.6. The Morgan fingerprint density at radius 1 is 1.12 bits per heavy atom. The third kappa shape index (κ3) is 4.56. The van der Waals surface area contributed by atoms with Crippen molar-refractivity contribution in [1.82, 2.24) is 24.6 Å². The maximum absolute atomic E-state index is 13.3. The summed E-state index contributed by atoms with van der Waals surface area (Å²) in [5.74, 6) is 1.63. The highest BCUT2D eigenvalue weighted by Crippen LogP contribution is 2.34. The van der Waals surface area contributed by atoms with Crippen LogP contribution >= 0.6 is 22.9 Å². The Bertz CT molecular complexity index is 1300. The van der Waals surface area contributed by atoms with Crippen molar-refractivity contribution in [3.8, 4) is 11.3 Å². The molecule has 1 aliphatic heterocycles. The van der Waals surface area contributed by atoms with E-state index in [2.05, 4.69) is 25.1 Å². The number of anilines is 1. The summed E-state index contributed by atoms with van der Waals surface area (Å²) in [7, 11) is 0. The normalized spacial score (nSPS) is 15.6. The molecule has 2 amide bonds. The summed E-state index contributed by atoms with van der Waals surface area (Å²) in [5.41, 5.74) is 3.05. The van der Waals surface area contributed by atoms with Crippen LogP contribution in [0.2, 0.25) is 5.02 Å². The van der Waals surface area contributed by atoms with Crippen LogP contribution in [0.15, 0.2) is 54.6 Å². The van der Waals surface area contributed by atoms with Crippen molar-refractivity contribution in [3.05, 3.63) is 81.7 Å². The Morgan fingerprint density at radius 3 is 2.65 bits per heavy atom. The molecule has 1 fully saturated rings. The number of nitrogens with one attached hydrogen (secondary N) is 1. The fourth-order valence-electron chi connectivity index (χ4n) is 4.37. The zero-order chi connectivity index (χ0) is 23.7. The van der Waals surface area contributed by atoms with Crippen molar-refractivity contribution < 1.29 is 4.79 Å². The molecule has 0 unspecified atom stereocenters. The highest BCUT2D eigenvalue weighted by Gasteiger charge is 2.34. The highest BCUT2D eigenvalue weighted by atomic mass is 35.5. The van der Waals surface area contributed by atoms with Crippen LogP contribution in [0.3, 0.4) is 0 Å². The van der Waals surface area contributed by atoms with Crippen molar-refractivity contribution in [2.24, 2.45) is 0 Å². The summed E-state index contributed by atoms with van der Waals surface area (Å²) in [5, 5.41) is 13.1. The number of thiazole rings is 1. The standard InChI is InChI=1S/C25H25ClN6OS/c1-16-22(19-7-4-3-5-8-19)27-24(34-16)28-25(33)31-14-6-9-21(31)23-30-29-17(2)32(23)15-18-10-12-20(26)13-11-18/h3-5,7-8,10-13,21H,6,9,14-15H2,1-2H3,(H,27,28,33)/t21-/m1/s1. The van der Waals surface area contributed by atoms with Gasteiger partial charge in [-0.2, -0.15) is 0 Å². The van der Waals surface area contributed by atoms with E-state index in [1.54, 1.807) is 0 Å². The van der Waals surface area contributed by atoms with Gasteiger partial charge in [-0.25, -0.2) is 9.78 Å². The number of carbonyl (C=O) groups is 1. The maximum Gasteiger partial charge on any atom is 0.324 e. The molecule has 0 spiro atoms. The van der Waals surface area contributed by atoms with Gasteiger partial charge in [0.25, 0.3) is 0 Å². The third-order valence-corrected chi connectivity index (χ3v) is 7.23. The second-order valence-electron chi connectivity index (χ2n) is 8.39. The van der Waals surface area contributed by atoms with Crippen molar-refractivity contribution in [2.45, 2.75) is 39.3 Å². The summed E-state index contributed by atoms with van der Waals surface area (Å²) in [6.07, 6.45) is 1.76. The number of aromatic nitrogens is 4. The molecule has 7 nitrogen and oxygen atoms in total. The lowest BCUT2D eigenvalue weighted by Crippen LogP contribution is -2.35. The predicted octanol–water partition coefficient (Wildman–Crippen LogP) is 6.09. The molecule has 1 aliphatic rings.